The molecule has 7 heteroatoms. The summed E-state index contributed by atoms with van der Waals surface area (Å²) in [6.45, 7) is 1.85. The van der Waals surface area contributed by atoms with Crippen LogP contribution in [-0.4, -0.2) is 35.3 Å². The molecule has 1 aliphatic carbocycles. The van der Waals surface area contributed by atoms with Crippen molar-refractivity contribution in [2.75, 3.05) is 12.4 Å². The average Bonchev–Trinajstić information content (AvgIpc) is 3.35. The van der Waals surface area contributed by atoms with Crippen molar-refractivity contribution < 1.29 is 19.1 Å². The number of nitrogens with one attached hydrogen (secondary N) is 2. The van der Waals surface area contributed by atoms with Gasteiger partial charge in [-0.25, -0.2) is 4.79 Å². The van der Waals surface area contributed by atoms with Crippen LogP contribution in [0.25, 0.3) is 10.9 Å². The predicted molar refractivity (Wildman–Crippen MR) is 84.2 cm³/mol. The van der Waals surface area contributed by atoms with Gasteiger partial charge in [0.05, 0.1) is 12.6 Å². The van der Waals surface area contributed by atoms with Crippen molar-refractivity contribution in [3.63, 3.8) is 0 Å². The summed E-state index contributed by atoms with van der Waals surface area (Å²) in [5, 5.41) is 10.6. The van der Waals surface area contributed by atoms with Crippen LogP contribution in [0.15, 0.2) is 18.2 Å². The second-order valence-corrected chi connectivity index (χ2v) is 5.58. The van der Waals surface area contributed by atoms with Gasteiger partial charge in [0.2, 0.25) is 5.91 Å². The summed E-state index contributed by atoms with van der Waals surface area (Å²) in [6.07, 6.45) is 1.75. The van der Waals surface area contributed by atoms with Gasteiger partial charge in [-0.15, -0.1) is 0 Å². The number of nitrogens with zero attached hydrogens (tertiary/aromatic N) is 1. The maximum absolute atomic E-state index is 11.8. The lowest BCUT2D eigenvalue weighted by molar-refractivity contribution is -0.148. The Bertz CT molecular complexity index is 736. The number of aromatic nitrogens is 2. The SMILES string of the molecule is CCC(Oc1ccc2c(NC(=O)C3CC3)n[nH]c2c1)C(=O)OC. The van der Waals surface area contributed by atoms with E-state index in [2.05, 4.69) is 15.5 Å². The van der Waals surface area contributed by atoms with Crippen LogP contribution in [0.3, 0.4) is 0 Å². The Morgan fingerprint density at radius 3 is 2.87 bits per heavy atom. The monoisotopic (exact) mass is 317 g/mol. The third-order valence-corrected chi connectivity index (χ3v) is 3.84. The first-order valence-electron chi connectivity index (χ1n) is 7.65. The van der Waals surface area contributed by atoms with E-state index in [1.54, 1.807) is 18.2 Å². The summed E-state index contributed by atoms with van der Waals surface area (Å²) in [7, 11) is 1.33. The number of anilines is 1. The van der Waals surface area contributed by atoms with Crippen molar-refractivity contribution >= 4 is 28.6 Å². The fourth-order valence-electron chi connectivity index (χ4n) is 2.33. The number of carbonyl (C=O) groups excluding carboxylic acids is 2. The second-order valence-electron chi connectivity index (χ2n) is 5.58. The van der Waals surface area contributed by atoms with E-state index < -0.39 is 12.1 Å². The van der Waals surface area contributed by atoms with Crippen LogP contribution in [-0.2, 0) is 14.3 Å². The molecule has 0 radical (unpaired) electrons. The maximum atomic E-state index is 11.8. The van der Waals surface area contributed by atoms with Crippen LogP contribution < -0.4 is 10.1 Å². The summed E-state index contributed by atoms with van der Waals surface area (Å²) in [5.74, 6) is 0.779. The van der Waals surface area contributed by atoms with Crippen LogP contribution >= 0.6 is 0 Å². The van der Waals surface area contributed by atoms with Crippen molar-refractivity contribution in [3.05, 3.63) is 18.2 Å². The number of amides is 1. The number of methoxy groups -OCH3 is 1. The van der Waals surface area contributed by atoms with Crippen molar-refractivity contribution in [2.24, 2.45) is 5.92 Å². The third-order valence-electron chi connectivity index (χ3n) is 3.84. The largest absolute Gasteiger partial charge is 0.479 e. The quantitative estimate of drug-likeness (QED) is 0.797. The Morgan fingerprint density at radius 1 is 1.43 bits per heavy atom. The number of H-pyrrole nitrogens is 1. The van der Waals surface area contributed by atoms with E-state index in [0.717, 1.165) is 23.7 Å². The molecule has 0 aliphatic heterocycles. The minimum Gasteiger partial charge on any atom is -0.479 e. The highest BCUT2D eigenvalue weighted by molar-refractivity contribution is 6.01. The van der Waals surface area contributed by atoms with Crippen LogP contribution in [0.5, 0.6) is 5.75 Å². The number of aromatic amines is 1. The molecule has 1 unspecified atom stereocenters. The molecular weight excluding hydrogens is 298 g/mol. The molecule has 1 saturated carbocycles. The number of hydrogen-bond acceptors (Lipinski definition) is 5. The molecule has 0 saturated heterocycles. The van der Waals surface area contributed by atoms with Gasteiger partial charge in [0, 0.05) is 17.4 Å². The van der Waals surface area contributed by atoms with Gasteiger partial charge in [-0.3, -0.25) is 9.89 Å². The van der Waals surface area contributed by atoms with Crippen molar-refractivity contribution in [1.29, 1.82) is 0 Å². The number of carbonyl (C=O) groups is 2. The molecular formula is C16H19N3O4. The van der Waals surface area contributed by atoms with Gasteiger partial charge in [-0.1, -0.05) is 6.92 Å². The number of hydrogen-bond donors (Lipinski definition) is 2. The Kier molecular flexibility index (Phi) is 4.18. The van der Waals surface area contributed by atoms with E-state index in [1.165, 1.54) is 7.11 Å². The Balaban J connectivity index is 1.77. The van der Waals surface area contributed by atoms with Crippen LogP contribution in [0.1, 0.15) is 26.2 Å². The fourth-order valence-corrected chi connectivity index (χ4v) is 2.33. The molecule has 1 fully saturated rings. The summed E-state index contributed by atoms with van der Waals surface area (Å²) >= 11 is 0. The van der Waals surface area contributed by atoms with Crippen molar-refractivity contribution in [3.8, 4) is 5.75 Å². The Morgan fingerprint density at radius 2 is 2.22 bits per heavy atom. The number of rotatable bonds is 6. The molecule has 122 valence electrons. The van der Waals surface area contributed by atoms with Gasteiger partial charge in [0.1, 0.15) is 5.75 Å². The van der Waals surface area contributed by atoms with E-state index in [4.69, 9.17) is 9.47 Å². The standard InChI is InChI=1S/C16H19N3O4/c1-3-13(16(21)22-2)23-10-6-7-11-12(8-10)18-19-14(11)17-15(20)9-4-5-9/h6-9,13H,3-5H2,1-2H3,(H2,17,18,19,20). The predicted octanol–water partition coefficient (Wildman–Crippen LogP) is 2.24. The molecule has 0 bridgehead atoms. The Labute approximate surface area is 133 Å². The first kappa shape index (κ1) is 15.3. The van der Waals surface area contributed by atoms with Crippen molar-refractivity contribution in [2.45, 2.75) is 32.3 Å². The molecule has 7 nitrogen and oxygen atoms in total. The lowest BCUT2D eigenvalue weighted by atomic mass is 10.2. The van der Waals surface area contributed by atoms with Gasteiger partial charge in [0.15, 0.2) is 11.9 Å². The second kappa shape index (κ2) is 6.28. The van der Waals surface area contributed by atoms with E-state index in [1.807, 2.05) is 6.92 Å². The number of benzene rings is 1. The molecule has 1 amide bonds. The van der Waals surface area contributed by atoms with E-state index in [9.17, 15) is 9.59 Å². The van der Waals surface area contributed by atoms with Gasteiger partial charge in [-0.2, -0.15) is 5.10 Å². The molecule has 2 aromatic rings. The molecule has 1 aromatic heterocycles. The van der Waals surface area contributed by atoms with Crippen molar-refractivity contribution in [1.82, 2.24) is 10.2 Å². The molecule has 1 heterocycles. The summed E-state index contributed by atoms with van der Waals surface area (Å²) in [4.78, 5) is 23.4. The highest BCUT2D eigenvalue weighted by Gasteiger charge is 2.30. The van der Waals surface area contributed by atoms with Gasteiger partial charge >= 0.3 is 5.97 Å². The molecule has 1 aromatic carbocycles. The molecule has 2 N–H and O–H groups in total. The van der Waals surface area contributed by atoms with Crippen LogP contribution in [0.2, 0.25) is 0 Å². The Hall–Kier alpha value is -2.57. The van der Waals surface area contributed by atoms with E-state index >= 15 is 0 Å². The minimum atomic E-state index is -0.644. The molecule has 1 aliphatic rings. The summed E-state index contributed by atoms with van der Waals surface area (Å²) in [6, 6.07) is 5.30. The number of esters is 1. The molecule has 23 heavy (non-hydrogen) atoms. The first-order valence-corrected chi connectivity index (χ1v) is 7.65. The lowest BCUT2D eigenvalue weighted by Crippen LogP contribution is -2.27. The minimum absolute atomic E-state index is 0.00969. The van der Waals surface area contributed by atoms with E-state index in [0.29, 0.717) is 18.0 Å². The summed E-state index contributed by atoms with van der Waals surface area (Å²) < 4.78 is 10.4. The highest BCUT2D eigenvalue weighted by Crippen LogP contribution is 2.31. The third kappa shape index (κ3) is 3.28. The van der Waals surface area contributed by atoms with Crippen LogP contribution in [0.4, 0.5) is 5.82 Å². The lowest BCUT2D eigenvalue weighted by Gasteiger charge is -2.15. The maximum Gasteiger partial charge on any atom is 0.347 e. The molecule has 3 rings (SSSR count). The smallest absolute Gasteiger partial charge is 0.347 e. The van der Waals surface area contributed by atoms with E-state index in [-0.39, 0.29) is 11.8 Å². The zero-order valence-corrected chi connectivity index (χ0v) is 13.1. The van der Waals surface area contributed by atoms with Gasteiger partial charge in [-0.05, 0) is 31.4 Å². The molecule has 1 atom stereocenters. The normalized spacial score (nSPS) is 15.2. The zero-order chi connectivity index (χ0) is 16.4. The average molecular weight is 317 g/mol. The number of ether oxygens (including phenoxy) is 2. The van der Waals surface area contributed by atoms with Gasteiger partial charge < -0.3 is 14.8 Å². The summed E-state index contributed by atoms with van der Waals surface area (Å²) in [5.41, 5.74) is 0.730. The number of fused-ring (bicyclic) bond motifs is 1. The fraction of sp³-hybridized carbons (Fsp3) is 0.438. The molecule has 0 spiro atoms. The highest BCUT2D eigenvalue weighted by atomic mass is 16.6. The zero-order valence-electron chi connectivity index (χ0n) is 13.1. The first-order chi connectivity index (χ1) is 11.1. The van der Waals surface area contributed by atoms with Crippen LogP contribution in [0, 0.1) is 5.92 Å². The topological polar surface area (TPSA) is 93.3 Å². The van der Waals surface area contributed by atoms with Gasteiger partial charge in [0.25, 0.3) is 0 Å².